The Morgan fingerprint density at radius 2 is 2.43 bits per heavy atom. The minimum Gasteiger partial charge on any atom is -0.391 e. The van der Waals surface area contributed by atoms with E-state index in [1.807, 2.05) is 0 Å². The average Bonchev–Trinajstić information content (AvgIpc) is 2.63. The fourth-order valence-corrected chi connectivity index (χ4v) is 2.22. The Morgan fingerprint density at radius 1 is 1.64 bits per heavy atom. The lowest BCUT2D eigenvalue weighted by Gasteiger charge is -2.12. The summed E-state index contributed by atoms with van der Waals surface area (Å²) in [7, 11) is 0. The molecule has 1 rings (SSSR count). The monoisotopic (exact) mass is 233 g/mol. The Labute approximate surface area is 92.3 Å². The summed E-state index contributed by atoms with van der Waals surface area (Å²) in [6, 6.07) is 0.413. The van der Waals surface area contributed by atoms with Crippen LogP contribution in [0.3, 0.4) is 0 Å². The van der Waals surface area contributed by atoms with E-state index in [9.17, 15) is 5.11 Å². The number of aromatic nitrogens is 2. The van der Waals surface area contributed by atoms with E-state index in [0.29, 0.717) is 18.3 Å². The molecule has 1 unspecified atom stereocenters. The zero-order valence-electron chi connectivity index (χ0n) is 8.30. The molecule has 6 heteroatoms. The van der Waals surface area contributed by atoms with Crippen LogP contribution >= 0.6 is 23.3 Å². The minimum atomic E-state index is -0.328. The van der Waals surface area contributed by atoms with Crippen LogP contribution in [0.25, 0.3) is 0 Å². The van der Waals surface area contributed by atoms with Crippen LogP contribution in [0.15, 0.2) is 10.7 Å². The normalized spacial score (nSPS) is 13.4. The number of nitrogens with one attached hydrogen (secondary N) is 1. The molecule has 2 N–H and O–H groups in total. The van der Waals surface area contributed by atoms with E-state index in [4.69, 9.17) is 0 Å². The van der Waals surface area contributed by atoms with Gasteiger partial charge in [0.05, 0.1) is 6.10 Å². The quantitative estimate of drug-likeness (QED) is 0.718. The molecule has 1 aromatic heterocycles. The van der Waals surface area contributed by atoms with Crippen LogP contribution in [-0.4, -0.2) is 38.9 Å². The number of nitrogens with zero attached hydrogens (tertiary/aromatic N) is 2. The van der Waals surface area contributed by atoms with Crippen LogP contribution in [0.4, 0.5) is 0 Å². The third kappa shape index (κ3) is 4.90. The van der Waals surface area contributed by atoms with Gasteiger partial charge in [0.1, 0.15) is 6.33 Å². The molecular weight excluding hydrogens is 218 g/mol. The topological polar surface area (TPSA) is 58.0 Å². The van der Waals surface area contributed by atoms with Crippen LogP contribution in [0, 0.1) is 0 Å². The van der Waals surface area contributed by atoms with Gasteiger partial charge >= 0.3 is 0 Å². The van der Waals surface area contributed by atoms with Crippen molar-refractivity contribution in [1.82, 2.24) is 14.7 Å². The highest BCUT2D eigenvalue weighted by atomic mass is 32.2. The highest BCUT2D eigenvalue weighted by Crippen LogP contribution is 2.18. The summed E-state index contributed by atoms with van der Waals surface area (Å²) < 4.78 is 4.80. The van der Waals surface area contributed by atoms with Crippen molar-refractivity contribution < 1.29 is 5.11 Å². The van der Waals surface area contributed by atoms with Gasteiger partial charge in [-0.05, 0) is 11.5 Å². The molecule has 4 nitrogen and oxygen atoms in total. The molecule has 0 spiro atoms. The van der Waals surface area contributed by atoms with E-state index < -0.39 is 0 Å². The lowest BCUT2D eigenvalue weighted by atomic mass is 10.3. The SMILES string of the molecule is CC(C)NCC(O)CSc1ncns1. The molecule has 1 heterocycles. The van der Waals surface area contributed by atoms with Gasteiger partial charge in [-0.25, -0.2) is 4.98 Å². The number of aliphatic hydroxyl groups excluding tert-OH is 1. The second kappa shape index (κ2) is 6.34. The van der Waals surface area contributed by atoms with Gasteiger partial charge in [0.25, 0.3) is 0 Å². The molecular formula is C8H15N3OS2. The minimum absolute atomic E-state index is 0.328. The fourth-order valence-electron chi connectivity index (χ4n) is 0.825. The first-order valence-corrected chi connectivity index (χ1v) is 6.25. The van der Waals surface area contributed by atoms with Crippen molar-refractivity contribution in [2.75, 3.05) is 12.3 Å². The van der Waals surface area contributed by atoms with E-state index in [1.165, 1.54) is 17.9 Å². The molecule has 0 aliphatic carbocycles. The number of thioether (sulfide) groups is 1. The molecule has 1 aromatic rings. The van der Waals surface area contributed by atoms with Gasteiger partial charge in [0, 0.05) is 18.3 Å². The van der Waals surface area contributed by atoms with E-state index in [1.54, 1.807) is 11.8 Å². The molecule has 1 atom stereocenters. The molecule has 0 aliphatic rings. The number of hydrogen-bond acceptors (Lipinski definition) is 6. The molecule has 0 saturated heterocycles. The van der Waals surface area contributed by atoms with E-state index in [0.717, 1.165) is 4.34 Å². The summed E-state index contributed by atoms with van der Waals surface area (Å²) in [5, 5.41) is 12.7. The Bertz CT molecular complexity index is 241. The van der Waals surface area contributed by atoms with Gasteiger partial charge in [0.2, 0.25) is 0 Å². The Morgan fingerprint density at radius 3 is 3.00 bits per heavy atom. The van der Waals surface area contributed by atoms with Gasteiger partial charge < -0.3 is 10.4 Å². The molecule has 0 saturated carbocycles. The maximum Gasteiger partial charge on any atom is 0.169 e. The predicted octanol–water partition coefficient (Wildman–Crippen LogP) is 0.989. The van der Waals surface area contributed by atoms with E-state index >= 15 is 0 Å². The van der Waals surface area contributed by atoms with Gasteiger partial charge in [-0.1, -0.05) is 25.6 Å². The highest BCUT2D eigenvalue weighted by Gasteiger charge is 2.06. The molecule has 0 aliphatic heterocycles. The third-order valence-corrected chi connectivity index (χ3v) is 3.44. The molecule has 0 amide bonds. The van der Waals surface area contributed by atoms with Crippen molar-refractivity contribution in [3.8, 4) is 0 Å². The summed E-state index contributed by atoms with van der Waals surface area (Å²) in [6.45, 7) is 4.75. The van der Waals surface area contributed by atoms with E-state index in [-0.39, 0.29) is 6.10 Å². The van der Waals surface area contributed by atoms with Crippen molar-refractivity contribution in [3.05, 3.63) is 6.33 Å². The smallest absolute Gasteiger partial charge is 0.169 e. The Kier molecular flexibility index (Phi) is 5.39. The summed E-state index contributed by atoms with van der Waals surface area (Å²) in [6.07, 6.45) is 1.21. The average molecular weight is 233 g/mol. The first-order valence-electron chi connectivity index (χ1n) is 4.49. The van der Waals surface area contributed by atoms with Gasteiger partial charge in [-0.3, -0.25) is 0 Å². The largest absolute Gasteiger partial charge is 0.391 e. The maximum atomic E-state index is 9.57. The lowest BCUT2D eigenvalue weighted by Crippen LogP contribution is -2.33. The van der Waals surface area contributed by atoms with Crippen LogP contribution < -0.4 is 5.32 Å². The highest BCUT2D eigenvalue weighted by molar-refractivity contribution is 8.00. The van der Waals surface area contributed by atoms with Crippen LogP contribution in [0.5, 0.6) is 0 Å². The van der Waals surface area contributed by atoms with Crippen molar-refractivity contribution in [1.29, 1.82) is 0 Å². The van der Waals surface area contributed by atoms with Gasteiger partial charge in [-0.15, -0.1) is 0 Å². The van der Waals surface area contributed by atoms with Crippen molar-refractivity contribution in [2.24, 2.45) is 0 Å². The van der Waals surface area contributed by atoms with Gasteiger partial charge in [-0.2, -0.15) is 4.37 Å². The zero-order chi connectivity index (χ0) is 10.4. The Hall–Kier alpha value is -0.170. The van der Waals surface area contributed by atoms with Crippen LogP contribution in [0.2, 0.25) is 0 Å². The lowest BCUT2D eigenvalue weighted by molar-refractivity contribution is 0.192. The fraction of sp³-hybridized carbons (Fsp3) is 0.750. The van der Waals surface area contributed by atoms with Crippen molar-refractivity contribution >= 4 is 23.3 Å². The number of aliphatic hydroxyl groups is 1. The second-order valence-electron chi connectivity index (χ2n) is 3.23. The second-order valence-corrected chi connectivity index (χ2v) is 5.28. The molecule has 14 heavy (non-hydrogen) atoms. The molecule has 0 bridgehead atoms. The summed E-state index contributed by atoms with van der Waals surface area (Å²) >= 11 is 2.90. The van der Waals surface area contributed by atoms with Crippen molar-refractivity contribution in [3.63, 3.8) is 0 Å². The van der Waals surface area contributed by atoms with Crippen molar-refractivity contribution in [2.45, 2.75) is 30.3 Å². The molecule has 0 fully saturated rings. The summed E-state index contributed by atoms with van der Waals surface area (Å²) in [5.74, 6) is 0.662. The number of rotatable bonds is 6. The zero-order valence-corrected chi connectivity index (χ0v) is 9.94. The third-order valence-electron chi connectivity index (χ3n) is 1.50. The maximum absolute atomic E-state index is 9.57. The standard InChI is InChI=1S/C8H15N3OS2/c1-6(2)9-3-7(12)4-13-8-10-5-11-14-8/h5-7,9,12H,3-4H2,1-2H3. The van der Waals surface area contributed by atoms with E-state index in [2.05, 4.69) is 28.5 Å². The number of hydrogen-bond donors (Lipinski definition) is 2. The first-order chi connectivity index (χ1) is 6.68. The molecule has 0 aromatic carbocycles. The molecule has 80 valence electrons. The van der Waals surface area contributed by atoms with Crippen LogP contribution in [-0.2, 0) is 0 Å². The van der Waals surface area contributed by atoms with Gasteiger partial charge in [0.15, 0.2) is 4.34 Å². The predicted molar refractivity (Wildman–Crippen MR) is 59.8 cm³/mol. The van der Waals surface area contributed by atoms with Crippen LogP contribution in [0.1, 0.15) is 13.8 Å². The summed E-state index contributed by atoms with van der Waals surface area (Å²) in [4.78, 5) is 4.02. The summed E-state index contributed by atoms with van der Waals surface area (Å²) in [5.41, 5.74) is 0. The first kappa shape index (κ1) is 11.9. The Balaban J connectivity index is 2.12. The molecule has 0 radical (unpaired) electrons.